The zero-order valence-corrected chi connectivity index (χ0v) is 32.0. The molecule has 370 valence electrons. The minimum Gasteiger partial charge on any atom is -0.394 e. The van der Waals surface area contributed by atoms with Crippen molar-refractivity contribution in [3.63, 3.8) is 0 Å². The first kappa shape index (κ1) is 67.9. The largest absolute Gasteiger partial charge is 0.394 e. The minimum atomic E-state index is -1.67. The van der Waals surface area contributed by atoms with Gasteiger partial charge in [-0.1, -0.05) is 0 Å². The van der Waals surface area contributed by atoms with Gasteiger partial charge in [0.05, 0.1) is 66.1 Å². The Hall–Kier alpha value is -1.20. The summed E-state index contributed by atoms with van der Waals surface area (Å²) in [6, 6.07) is 0. The molecule has 0 amide bonds. The second-order valence-electron chi connectivity index (χ2n) is 12.4. The van der Waals surface area contributed by atoms with E-state index in [4.69, 9.17) is 153 Å². The smallest absolute Gasteiger partial charge is 0.111 e. The molecule has 0 rings (SSSR count). The van der Waals surface area contributed by atoms with Crippen molar-refractivity contribution in [2.24, 2.45) is 0 Å². The summed E-state index contributed by atoms with van der Waals surface area (Å²) in [4.78, 5) is 0. The normalized spacial score (nSPS) is 21.5. The molecule has 0 radical (unpaired) electrons. The third-order valence-corrected chi connectivity index (χ3v) is 7.56. The lowest BCUT2D eigenvalue weighted by Gasteiger charge is -2.24. The van der Waals surface area contributed by atoms with E-state index in [2.05, 4.69) is 0 Å². The zero-order chi connectivity index (χ0) is 48.6. The third kappa shape index (κ3) is 28.5. The lowest BCUT2D eigenvalue weighted by molar-refractivity contribution is -0.123. The van der Waals surface area contributed by atoms with Crippen LogP contribution >= 0.6 is 0 Å². The highest BCUT2D eigenvalue weighted by molar-refractivity contribution is 4.83. The van der Waals surface area contributed by atoms with Crippen LogP contribution in [0, 0.1) is 0 Å². The van der Waals surface area contributed by atoms with E-state index in [9.17, 15) is 0 Å². The summed E-state index contributed by atoms with van der Waals surface area (Å²) in [5.74, 6) is 0. The second-order valence-corrected chi connectivity index (χ2v) is 12.4. The van der Waals surface area contributed by atoms with Crippen LogP contribution in [0.25, 0.3) is 0 Å². The molecule has 30 heteroatoms. The van der Waals surface area contributed by atoms with Gasteiger partial charge in [-0.15, -0.1) is 0 Å². The molecule has 0 aliphatic heterocycles. The summed E-state index contributed by atoms with van der Waals surface area (Å²) < 4.78 is 0. The van der Waals surface area contributed by atoms with Gasteiger partial charge in [0.15, 0.2) is 0 Å². The number of aliphatic hydroxyl groups is 30. The number of hydrogen-bond acceptors (Lipinski definition) is 30. The Bertz CT molecular complexity index is 686. The molecule has 60 heavy (non-hydrogen) atoms. The highest BCUT2D eigenvalue weighted by Gasteiger charge is 2.32. The van der Waals surface area contributed by atoms with Crippen LogP contribution in [0.5, 0.6) is 0 Å². The van der Waals surface area contributed by atoms with Crippen LogP contribution in [0.3, 0.4) is 0 Å². The first-order valence-electron chi connectivity index (χ1n) is 17.4. The highest BCUT2D eigenvalue weighted by Crippen LogP contribution is 2.07. The third-order valence-electron chi connectivity index (χ3n) is 7.56. The van der Waals surface area contributed by atoms with Crippen molar-refractivity contribution in [3.8, 4) is 0 Å². The summed E-state index contributed by atoms with van der Waals surface area (Å²) >= 11 is 0. The lowest BCUT2D eigenvalue weighted by atomic mass is 10.0. The first-order chi connectivity index (χ1) is 27.7. The molecule has 30 N–H and O–H groups in total. The van der Waals surface area contributed by atoms with Crippen LogP contribution in [-0.2, 0) is 0 Å². The number of rotatable bonds is 25. The molecule has 30 nitrogen and oxygen atoms in total. The standard InChI is InChI=1S/5C6H14O6/c5*7-1-3(9)5(11)6(12)4(10)2-8/h5*3-12H,1-2H2. The van der Waals surface area contributed by atoms with E-state index >= 15 is 0 Å². The summed E-state index contributed by atoms with van der Waals surface area (Å²) in [5.41, 5.74) is 0. The SMILES string of the molecule is OCC(O)C(O)C(O)C(O)CO.OCC(O)C(O)C(O)C(O)CO.OCC(O)C(O)C(O)C(O)CO.OCC(O)C(O)C(O)C(O)CO.OCC(O)C(O)C(O)C(O)CO. The monoisotopic (exact) mass is 910 g/mol. The van der Waals surface area contributed by atoms with E-state index in [1.54, 1.807) is 0 Å². The predicted molar refractivity (Wildman–Crippen MR) is 191 cm³/mol. The van der Waals surface area contributed by atoms with Crippen LogP contribution in [0.4, 0.5) is 0 Å². The van der Waals surface area contributed by atoms with E-state index in [0.717, 1.165) is 0 Å². The molecule has 0 aromatic carbocycles. The Kier molecular flexibility index (Phi) is 44.6. The lowest BCUT2D eigenvalue weighted by Crippen LogP contribution is -2.46. The van der Waals surface area contributed by atoms with E-state index in [1.165, 1.54) is 0 Å². The van der Waals surface area contributed by atoms with Gasteiger partial charge >= 0.3 is 0 Å². The predicted octanol–water partition coefficient (Wildman–Crippen LogP) is -17.9. The average molecular weight is 911 g/mol. The van der Waals surface area contributed by atoms with Crippen molar-refractivity contribution < 1.29 is 153 Å². The molecule has 0 spiro atoms. The molecule has 0 bridgehead atoms. The quantitative estimate of drug-likeness (QED) is 0.0404. The fraction of sp³-hybridized carbons (Fsp3) is 1.00. The van der Waals surface area contributed by atoms with Crippen molar-refractivity contribution in [1.82, 2.24) is 0 Å². The van der Waals surface area contributed by atoms with Crippen molar-refractivity contribution in [2.75, 3.05) is 66.1 Å². The highest BCUT2D eigenvalue weighted by atomic mass is 16.4. The van der Waals surface area contributed by atoms with E-state index in [1.807, 2.05) is 0 Å². The van der Waals surface area contributed by atoms with Crippen LogP contribution in [-0.4, -0.2) is 341 Å². The van der Waals surface area contributed by atoms with Crippen molar-refractivity contribution in [3.05, 3.63) is 0 Å². The first-order valence-corrected chi connectivity index (χ1v) is 17.4. The van der Waals surface area contributed by atoms with Gasteiger partial charge in [-0.25, -0.2) is 0 Å². The van der Waals surface area contributed by atoms with E-state index in [-0.39, 0.29) is 0 Å². The second kappa shape index (κ2) is 39.4. The van der Waals surface area contributed by atoms with E-state index in [0.29, 0.717) is 0 Å². The Labute approximate surface area is 341 Å². The van der Waals surface area contributed by atoms with Gasteiger partial charge in [0.25, 0.3) is 0 Å². The maximum Gasteiger partial charge on any atom is 0.111 e. The molecule has 20 atom stereocenters. The molecule has 0 aromatic rings. The molecule has 0 heterocycles. The van der Waals surface area contributed by atoms with Crippen molar-refractivity contribution in [2.45, 2.75) is 122 Å². The number of aliphatic hydroxyl groups excluding tert-OH is 30. The maximum absolute atomic E-state index is 8.96. The van der Waals surface area contributed by atoms with Crippen molar-refractivity contribution >= 4 is 0 Å². The Morgan fingerprint density at radius 1 is 0.133 bits per heavy atom. The zero-order valence-electron chi connectivity index (χ0n) is 32.0. The summed E-state index contributed by atoms with van der Waals surface area (Å²) in [6.07, 6.45) is -32.0. The molecule has 20 unspecified atom stereocenters. The van der Waals surface area contributed by atoms with Gasteiger partial charge in [-0.2, -0.15) is 0 Å². The average Bonchev–Trinajstić information content (AvgIpc) is 3.28. The van der Waals surface area contributed by atoms with Crippen LogP contribution in [0.2, 0.25) is 0 Å². The van der Waals surface area contributed by atoms with Gasteiger partial charge < -0.3 is 153 Å². The van der Waals surface area contributed by atoms with Gasteiger partial charge in [-0.3, -0.25) is 0 Å². The molecule has 0 fully saturated rings. The maximum atomic E-state index is 8.96. The molecule has 0 saturated heterocycles. The molecule has 0 aliphatic rings. The van der Waals surface area contributed by atoms with Gasteiger partial charge in [0.2, 0.25) is 0 Å². The van der Waals surface area contributed by atoms with Crippen molar-refractivity contribution in [1.29, 1.82) is 0 Å². The Balaban J connectivity index is -0.000000210. The topological polar surface area (TPSA) is 607 Å². The number of hydrogen-bond donors (Lipinski definition) is 30. The fourth-order valence-corrected chi connectivity index (χ4v) is 3.36. The molecule has 0 aliphatic carbocycles. The van der Waals surface area contributed by atoms with Crippen LogP contribution < -0.4 is 0 Å². The molecule has 0 aromatic heterocycles. The van der Waals surface area contributed by atoms with Gasteiger partial charge in [0.1, 0.15) is 122 Å². The summed E-state index contributed by atoms with van der Waals surface area (Å²) in [6.45, 7) is -7.26. The fourth-order valence-electron chi connectivity index (χ4n) is 3.36. The van der Waals surface area contributed by atoms with E-state index < -0.39 is 188 Å². The molecular weight excluding hydrogens is 840 g/mol. The summed E-state index contributed by atoms with van der Waals surface area (Å²) in [7, 11) is 0. The Morgan fingerprint density at radius 3 is 0.217 bits per heavy atom. The van der Waals surface area contributed by atoms with Crippen LogP contribution in [0.1, 0.15) is 0 Å². The van der Waals surface area contributed by atoms with Gasteiger partial charge in [0, 0.05) is 0 Å². The van der Waals surface area contributed by atoms with Crippen LogP contribution in [0.15, 0.2) is 0 Å². The minimum absolute atomic E-state index is 0.726. The molecule has 0 saturated carbocycles. The van der Waals surface area contributed by atoms with Gasteiger partial charge in [-0.05, 0) is 0 Å². The molecular formula is C30H70O30. The Morgan fingerprint density at radius 2 is 0.183 bits per heavy atom. The summed E-state index contributed by atoms with van der Waals surface area (Å²) in [5, 5.41) is 261.